The van der Waals surface area contributed by atoms with Crippen LogP contribution in [0.15, 0.2) is 34.3 Å². The van der Waals surface area contributed by atoms with Crippen LogP contribution in [0.2, 0.25) is 0 Å². The van der Waals surface area contributed by atoms with E-state index in [1.165, 1.54) is 27.7 Å². The van der Waals surface area contributed by atoms with E-state index in [1.54, 1.807) is 0 Å². The summed E-state index contributed by atoms with van der Waals surface area (Å²) >= 11 is 3.74. The van der Waals surface area contributed by atoms with Crippen LogP contribution in [0.4, 0.5) is 5.69 Å². The van der Waals surface area contributed by atoms with Crippen molar-refractivity contribution in [2.24, 2.45) is 0 Å². The van der Waals surface area contributed by atoms with Gasteiger partial charge in [0.1, 0.15) is 0 Å². The van der Waals surface area contributed by atoms with Gasteiger partial charge in [0.25, 0.3) is 0 Å². The van der Waals surface area contributed by atoms with Gasteiger partial charge >= 0.3 is 0 Å². The summed E-state index contributed by atoms with van der Waals surface area (Å²) in [5.41, 5.74) is 4.12. The molecule has 0 aromatic heterocycles. The Morgan fingerprint density at radius 1 is 1.40 bits per heavy atom. The highest BCUT2D eigenvalue weighted by Gasteiger charge is 2.14. The Morgan fingerprint density at radius 3 is 2.85 bits per heavy atom. The van der Waals surface area contributed by atoms with Crippen LogP contribution < -0.4 is 10.2 Å². The van der Waals surface area contributed by atoms with E-state index >= 15 is 0 Å². The molecule has 1 atom stereocenters. The molecule has 1 unspecified atom stereocenters. The topological polar surface area (TPSA) is 15.3 Å². The fourth-order valence-corrected chi connectivity index (χ4v) is 3.38. The number of hydrogen-bond donors (Lipinski definition) is 1. The lowest BCUT2D eigenvalue weighted by Gasteiger charge is -2.29. The summed E-state index contributed by atoms with van der Waals surface area (Å²) in [6.07, 6.45) is 4.66. The first-order chi connectivity index (χ1) is 9.61. The van der Waals surface area contributed by atoms with Gasteiger partial charge < -0.3 is 10.2 Å². The van der Waals surface area contributed by atoms with Crippen molar-refractivity contribution >= 4 is 21.6 Å². The molecule has 3 heteroatoms. The second-order valence-corrected chi connectivity index (χ2v) is 6.50. The fourth-order valence-electron chi connectivity index (χ4n) is 2.67. The smallest absolute Gasteiger partial charge is 0.0386 e. The van der Waals surface area contributed by atoms with Gasteiger partial charge in [-0.15, -0.1) is 0 Å². The molecule has 2 rings (SSSR count). The maximum absolute atomic E-state index is 3.74. The maximum atomic E-state index is 3.74. The summed E-state index contributed by atoms with van der Waals surface area (Å²) in [4.78, 5) is 2.45. The van der Waals surface area contributed by atoms with Gasteiger partial charge in [0.15, 0.2) is 0 Å². The fraction of sp³-hybridized carbons (Fsp3) is 0.529. The Kier molecular flexibility index (Phi) is 5.67. The van der Waals surface area contributed by atoms with Gasteiger partial charge in [0, 0.05) is 29.3 Å². The molecule has 0 saturated heterocycles. The molecule has 1 heterocycles. The van der Waals surface area contributed by atoms with Crippen LogP contribution in [0.5, 0.6) is 0 Å². The minimum atomic E-state index is 0.390. The first-order valence-electron chi connectivity index (χ1n) is 7.55. The number of nitrogens with one attached hydrogen (secondary N) is 1. The molecule has 2 nitrogen and oxygen atoms in total. The monoisotopic (exact) mass is 336 g/mol. The largest absolute Gasteiger partial charge is 0.367 e. The van der Waals surface area contributed by atoms with Crippen molar-refractivity contribution in [2.75, 3.05) is 24.5 Å². The summed E-state index contributed by atoms with van der Waals surface area (Å²) in [5, 5.41) is 3.54. The quantitative estimate of drug-likeness (QED) is 0.786. The zero-order chi connectivity index (χ0) is 14.5. The van der Waals surface area contributed by atoms with Crippen LogP contribution in [0.3, 0.4) is 0 Å². The predicted molar refractivity (Wildman–Crippen MR) is 91.4 cm³/mol. The molecule has 0 spiro atoms. The summed E-state index contributed by atoms with van der Waals surface area (Å²) in [7, 11) is 0. The molecule has 110 valence electrons. The highest BCUT2D eigenvalue weighted by molar-refractivity contribution is 9.10. The molecule has 1 aliphatic heterocycles. The minimum absolute atomic E-state index is 0.390. The van der Waals surface area contributed by atoms with Crippen molar-refractivity contribution in [3.05, 3.63) is 39.9 Å². The molecule has 20 heavy (non-hydrogen) atoms. The Morgan fingerprint density at radius 2 is 2.20 bits per heavy atom. The average Bonchev–Trinajstić information content (AvgIpc) is 2.44. The van der Waals surface area contributed by atoms with Crippen molar-refractivity contribution in [1.29, 1.82) is 0 Å². The average molecular weight is 337 g/mol. The number of benzene rings is 1. The maximum Gasteiger partial charge on any atom is 0.0386 e. The Labute approximate surface area is 131 Å². The molecule has 0 bridgehead atoms. The summed E-state index contributed by atoms with van der Waals surface area (Å²) in [6, 6.07) is 7.16. The lowest BCUT2D eigenvalue weighted by Crippen LogP contribution is -2.29. The van der Waals surface area contributed by atoms with Crippen LogP contribution >= 0.6 is 15.9 Å². The van der Waals surface area contributed by atoms with Gasteiger partial charge in [0.2, 0.25) is 0 Å². The van der Waals surface area contributed by atoms with Gasteiger partial charge in [-0.05, 0) is 50.9 Å². The number of anilines is 1. The van der Waals surface area contributed by atoms with E-state index in [1.807, 2.05) is 0 Å². The number of halogens is 1. The third kappa shape index (κ3) is 3.86. The molecule has 1 aliphatic rings. The SMILES string of the molecule is CCCNC(C)c1ccc(N2CCC=C(C)C2)cc1Br. The summed E-state index contributed by atoms with van der Waals surface area (Å²) in [6.45, 7) is 9.87. The van der Waals surface area contributed by atoms with Crippen molar-refractivity contribution in [3.8, 4) is 0 Å². The van der Waals surface area contributed by atoms with E-state index < -0.39 is 0 Å². The molecular formula is C17H25BrN2. The highest BCUT2D eigenvalue weighted by Crippen LogP contribution is 2.29. The van der Waals surface area contributed by atoms with E-state index in [4.69, 9.17) is 0 Å². The van der Waals surface area contributed by atoms with Crippen LogP contribution in [0, 0.1) is 0 Å². The van der Waals surface area contributed by atoms with Crippen LogP contribution in [0.1, 0.15) is 45.2 Å². The number of rotatable bonds is 5. The van der Waals surface area contributed by atoms with Gasteiger partial charge in [0.05, 0.1) is 0 Å². The van der Waals surface area contributed by atoms with Gasteiger partial charge in [-0.25, -0.2) is 0 Å². The van der Waals surface area contributed by atoms with Crippen molar-refractivity contribution in [1.82, 2.24) is 5.32 Å². The Balaban J connectivity index is 2.11. The standard InChI is InChI=1S/C17H25BrN2/c1-4-9-19-14(3)16-8-7-15(11-17(16)18)20-10-5-6-13(2)12-20/h6-8,11,14,19H,4-5,9-10,12H2,1-3H3. The zero-order valence-corrected chi connectivity index (χ0v) is 14.3. The Bertz CT molecular complexity index is 482. The molecule has 0 saturated carbocycles. The first-order valence-corrected chi connectivity index (χ1v) is 8.34. The number of nitrogens with zero attached hydrogens (tertiary/aromatic N) is 1. The van der Waals surface area contributed by atoms with Crippen LogP contribution in [-0.2, 0) is 0 Å². The predicted octanol–water partition coefficient (Wildman–Crippen LogP) is 4.67. The van der Waals surface area contributed by atoms with Gasteiger partial charge in [-0.3, -0.25) is 0 Å². The van der Waals surface area contributed by atoms with Gasteiger partial charge in [-0.2, -0.15) is 0 Å². The van der Waals surface area contributed by atoms with E-state index in [0.717, 1.165) is 26.1 Å². The lowest BCUT2D eigenvalue weighted by atomic mass is 10.1. The van der Waals surface area contributed by atoms with E-state index in [9.17, 15) is 0 Å². The molecule has 0 radical (unpaired) electrons. The van der Waals surface area contributed by atoms with E-state index in [-0.39, 0.29) is 0 Å². The highest BCUT2D eigenvalue weighted by atomic mass is 79.9. The molecule has 0 fully saturated rings. The summed E-state index contributed by atoms with van der Waals surface area (Å²) < 4.78 is 1.21. The lowest BCUT2D eigenvalue weighted by molar-refractivity contribution is 0.569. The van der Waals surface area contributed by atoms with Crippen LogP contribution in [0.25, 0.3) is 0 Å². The molecule has 1 N–H and O–H groups in total. The van der Waals surface area contributed by atoms with E-state index in [2.05, 4.69) is 71.2 Å². The second kappa shape index (κ2) is 7.28. The van der Waals surface area contributed by atoms with Crippen molar-refractivity contribution < 1.29 is 0 Å². The molecule has 0 amide bonds. The third-order valence-corrected chi connectivity index (χ3v) is 4.54. The minimum Gasteiger partial charge on any atom is -0.367 e. The molecule has 0 aliphatic carbocycles. The Hall–Kier alpha value is -0.800. The van der Waals surface area contributed by atoms with Crippen LogP contribution in [-0.4, -0.2) is 19.6 Å². The van der Waals surface area contributed by atoms with Crippen molar-refractivity contribution in [2.45, 2.75) is 39.7 Å². The third-order valence-electron chi connectivity index (χ3n) is 3.85. The zero-order valence-electron chi connectivity index (χ0n) is 12.7. The normalized spacial score (nSPS) is 17.0. The first kappa shape index (κ1) is 15.6. The second-order valence-electron chi connectivity index (χ2n) is 5.64. The van der Waals surface area contributed by atoms with Gasteiger partial charge in [-0.1, -0.05) is 40.6 Å². The van der Waals surface area contributed by atoms with Crippen molar-refractivity contribution in [3.63, 3.8) is 0 Å². The summed E-state index contributed by atoms with van der Waals surface area (Å²) in [5.74, 6) is 0. The number of hydrogen-bond acceptors (Lipinski definition) is 2. The van der Waals surface area contributed by atoms with E-state index in [0.29, 0.717) is 6.04 Å². The molecule has 1 aromatic carbocycles. The molecule has 1 aromatic rings. The molecular weight excluding hydrogens is 312 g/mol.